The lowest BCUT2D eigenvalue weighted by Gasteiger charge is -2.41. The molecule has 3 heterocycles. The van der Waals surface area contributed by atoms with Crippen LogP contribution >= 0.6 is 0 Å². The quantitative estimate of drug-likeness (QED) is 0.397. The number of hydrogen-bond donors (Lipinski definition) is 1. The number of aromatic amines is 1. The first-order valence-electron chi connectivity index (χ1n) is 11.7. The van der Waals surface area contributed by atoms with Crippen molar-refractivity contribution < 1.29 is 17.6 Å². The average molecular weight is 525 g/mol. The number of aromatic nitrogens is 4. The maximum Gasteiger partial charge on any atom is 0.326 e. The van der Waals surface area contributed by atoms with Gasteiger partial charge in [-0.25, -0.2) is 27.6 Å². The number of imidazole rings is 1. The van der Waals surface area contributed by atoms with Crippen molar-refractivity contribution >= 4 is 32.5 Å². The molecule has 1 saturated heterocycles. The summed E-state index contributed by atoms with van der Waals surface area (Å²) < 4.78 is 39.1. The molecule has 1 amide bonds. The SMILES string of the molecule is CC1CN(c2ccc(F)cc2-c2cnc(S(C)(=O)=O)nc2)CCN1C(=O)Cn1c(=O)[nH]c2ccccc21. The van der Waals surface area contributed by atoms with E-state index in [0.717, 1.165) is 11.9 Å². The third kappa shape index (κ3) is 4.84. The van der Waals surface area contributed by atoms with E-state index in [1.54, 1.807) is 23.1 Å². The topological polar surface area (TPSA) is 121 Å². The second-order valence-electron chi connectivity index (χ2n) is 9.10. The van der Waals surface area contributed by atoms with Gasteiger partial charge in [0.25, 0.3) is 0 Å². The molecule has 2 aromatic heterocycles. The molecular formula is C25H25FN6O4S. The summed E-state index contributed by atoms with van der Waals surface area (Å²) in [6.07, 6.45) is 3.75. The van der Waals surface area contributed by atoms with E-state index in [0.29, 0.717) is 41.8 Å². The molecule has 2 aromatic carbocycles. The van der Waals surface area contributed by atoms with Gasteiger partial charge < -0.3 is 14.8 Å². The minimum absolute atomic E-state index is 0.0704. The zero-order valence-corrected chi connectivity index (χ0v) is 21.1. The van der Waals surface area contributed by atoms with Gasteiger partial charge in [0.2, 0.25) is 20.9 Å². The number of nitrogens with one attached hydrogen (secondary N) is 1. The van der Waals surface area contributed by atoms with Crippen molar-refractivity contribution in [2.24, 2.45) is 0 Å². The van der Waals surface area contributed by atoms with Gasteiger partial charge in [-0.3, -0.25) is 9.36 Å². The predicted octanol–water partition coefficient (Wildman–Crippen LogP) is 2.07. The minimum Gasteiger partial charge on any atom is -0.367 e. The molecule has 192 valence electrons. The summed E-state index contributed by atoms with van der Waals surface area (Å²) in [6.45, 7) is 3.24. The van der Waals surface area contributed by atoms with Crippen LogP contribution in [-0.2, 0) is 21.2 Å². The Balaban J connectivity index is 1.36. The Hall–Kier alpha value is -4.06. The number of carbonyl (C=O) groups excluding carboxylic acids is 1. The number of H-pyrrole nitrogens is 1. The highest BCUT2D eigenvalue weighted by molar-refractivity contribution is 7.90. The first kappa shape index (κ1) is 24.6. The van der Waals surface area contributed by atoms with Gasteiger partial charge >= 0.3 is 5.69 Å². The number of amides is 1. The number of para-hydroxylation sites is 2. The Morgan fingerprint density at radius 2 is 1.86 bits per heavy atom. The van der Waals surface area contributed by atoms with Crippen molar-refractivity contribution in [1.82, 2.24) is 24.4 Å². The van der Waals surface area contributed by atoms with Gasteiger partial charge in [0.15, 0.2) is 0 Å². The zero-order valence-electron chi connectivity index (χ0n) is 20.3. The van der Waals surface area contributed by atoms with E-state index < -0.39 is 15.7 Å². The van der Waals surface area contributed by atoms with Gasteiger partial charge in [-0.15, -0.1) is 0 Å². The van der Waals surface area contributed by atoms with E-state index in [1.807, 2.05) is 24.0 Å². The molecule has 1 aliphatic rings. The Bertz CT molecular complexity index is 1650. The number of fused-ring (bicyclic) bond motifs is 1. The van der Waals surface area contributed by atoms with Crippen molar-refractivity contribution in [1.29, 1.82) is 0 Å². The maximum atomic E-state index is 14.2. The molecule has 1 aliphatic heterocycles. The van der Waals surface area contributed by atoms with E-state index in [1.165, 1.54) is 29.1 Å². The fourth-order valence-corrected chi connectivity index (χ4v) is 5.19. The number of carbonyl (C=O) groups is 1. The molecule has 0 spiro atoms. The first-order valence-corrected chi connectivity index (χ1v) is 13.5. The summed E-state index contributed by atoms with van der Waals surface area (Å²) in [5.74, 6) is -0.611. The highest BCUT2D eigenvalue weighted by Crippen LogP contribution is 2.32. The molecule has 0 bridgehead atoms. The molecule has 12 heteroatoms. The standard InChI is InChI=1S/C25H25FN6O4S/c1-16-14-30(9-10-31(16)23(33)15-32-22-6-4-3-5-20(22)29-25(32)34)21-8-7-18(26)11-19(21)17-12-27-24(28-13-17)37(2,35)36/h3-8,11-13,16H,9-10,14-15H2,1-2H3,(H,29,34). The number of nitrogens with zero attached hydrogens (tertiary/aromatic N) is 5. The fourth-order valence-electron chi connectivity index (χ4n) is 4.70. The highest BCUT2D eigenvalue weighted by Gasteiger charge is 2.29. The van der Waals surface area contributed by atoms with Gasteiger partial charge in [0.1, 0.15) is 12.4 Å². The first-order chi connectivity index (χ1) is 17.6. The number of piperazine rings is 1. The van der Waals surface area contributed by atoms with Crippen molar-refractivity contribution in [3.8, 4) is 11.1 Å². The lowest BCUT2D eigenvalue weighted by molar-refractivity contribution is -0.134. The molecule has 1 N–H and O–H groups in total. The second kappa shape index (κ2) is 9.43. The van der Waals surface area contributed by atoms with Gasteiger partial charge in [0, 0.05) is 61.1 Å². The predicted molar refractivity (Wildman–Crippen MR) is 136 cm³/mol. The summed E-state index contributed by atoms with van der Waals surface area (Å²) in [6, 6.07) is 11.4. The fraction of sp³-hybridized carbons (Fsp3) is 0.280. The van der Waals surface area contributed by atoms with Crippen LogP contribution < -0.4 is 10.6 Å². The summed E-state index contributed by atoms with van der Waals surface area (Å²) in [4.78, 5) is 40.0. The van der Waals surface area contributed by atoms with E-state index in [9.17, 15) is 22.4 Å². The number of rotatable bonds is 5. The molecular weight excluding hydrogens is 499 g/mol. The summed E-state index contributed by atoms with van der Waals surface area (Å²) in [5, 5.41) is -0.302. The maximum absolute atomic E-state index is 14.2. The second-order valence-corrected chi connectivity index (χ2v) is 11.0. The van der Waals surface area contributed by atoms with Crippen LogP contribution in [0, 0.1) is 5.82 Å². The lowest BCUT2D eigenvalue weighted by atomic mass is 10.0. The monoisotopic (exact) mass is 524 g/mol. The van der Waals surface area contributed by atoms with Crippen molar-refractivity contribution in [2.45, 2.75) is 24.7 Å². The number of hydrogen-bond acceptors (Lipinski definition) is 7. The van der Waals surface area contributed by atoms with E-state index in [-0.39, 0.29) is 29.3 Å². The van der Waals surface area contributed by atoms with Gasteiger partial charge in [0.05, 0.1) is 11.0 Å². The Kier molecular flexibility index (Phi) is 6.28. The van der Waals surface area contributed by atoms with E-state index in [2.05, 4.69) is 15.0 Å². The Morgan fingerprint density at radius 1 is 1.14 bits per heavy atom. The number of anilines is 1. The van der Waals surface area contributed by atoms with Crippen molar-refractivity contribution in [3.05, 3.63) is 71.2 Å². The Labute approximate surface area is 212 Å². The third-order valence-corrected chi connectivity index (χ3v) is 7.37. The average Bonchev–Trinajstić information content (AvgIpc) is 3.18. The molecule has 0 saturated carbocycles. The molecule has 4 aromatic rings. The van der Waals surface area contributed by atoms with Crippen LogP contribution in [0.1, 0.15) is 6.92 Å². The smallest absolute Gasteiger partial charge is 0.326 e. The molecule has 10 nitrogen and oxygen atoms in total. The van der Waals surface area contributed by atoms with Crippen LogP contribution in [0.15, 0.2) is 64.8 Å². The van der Waals surface area contributed by atoms with Gasteiger partial charge in [-0.2, -0.15) is 0 Å². The van der Waals surface area contributed by atoms with Crippen LogP contribution in [0.5, 0.6) is 0 Å². The molecule has 37 heavy (non-hydrogen) atoms. The normalized spacial score (nSPS) is 16.4. The molecule has 1 fully saturated rings. The van der Waals surface area contributed by atoms with Gasteiger partial charge in [-0.05, 0) is 37.3 Å². The summed E-state index contributed by atoms with van der Waals surface area (Å²) in [5.41, 5.74) is 2.75. The molecule has 1 atom stereocenters. The lowest BCUT2D eigenvalue weighted by Crippen LogP contribution is -2.55. The zero-order chi connectivity index (χ0) is 26.3. The van der Waals surface area contributed by atoms with Crippen LogP contribution in [0.25, 0.3) is 22.2 Å². The van der Waals surface area contributed by atoms with Gasteiger partial charge in [-0.1, -0.05) is 12.1 Å². The minimum atomic E-state index is -3.56. The van der Waals surface area contributed by atoms with Crippen LogP contribution in [0.2, 0.25) is 0 Å². The molecule has 0 radical (unpaired) electrons. The molecule has 1 unspecified atom stereocenters. The number of sulfone groups is 1. The van der Waals surface area contributed by atoms with Crippen molar-refractivity contribution in [2.75, 3.05) is 30.8 Å². The highest BCUT2D eigenvalue weighted by atomic mass is 32.2. The van der Waals surface area contributed by atoms with E-state index >= 15 is 0 Å². The number of benzene rings is 2. The van der Waals surface area contributed by atoms with Crippen LogP contribution in [-0.4, -0.2) is 70.7 Å². The van der Waals surface area contributed by atoms with E-state index in [4.69, 9.17) is 0 Å². The molecule has 5 rings (SSSR count). The largest absolute Gasteiger partial charge is 0.367 e. The number of halogens is 1. The van der Waals surface area contributed by atoms with Crippen LogP contribution in [0.3, 0.4) is 0 Å². The summed E-state index contributed by atoms with van der Waals surface area (Å²) in [7, 11) is -3.56. The van der Waals surface area contributed by atoms with Crippen molar-refractivity contribution in [3.63, 3.8) is 0 Å². The third-order valence-electron chi connectivity index (χ3n) is 6.49. The van der Waals surface area contributed by atoms with Crippen LogP contribution in [0.4, 0.5) is 10.1 Å². The summed E-state index contributed by atoms with van der Waals surface area (Å²) >= 11 is 0. The molecule has 0 aliphatic carbocycles. The Morgan fingerprint density at radius 3 is 2.57 bits per heavy atom.